The molecule has 2 heterocycles. The molecule has 0 bridgehead atoms. The fourth-order valence-corrected chi connectivity index (χ4v) is 2.19. The zero-order valence-electron chi connectivity index (χ0n) is 10.9. The molecule has 0 atom stereocenters. The van der Waals surface area contributed by atoms with Gasteiger partial charge in [0.05, 0.1) is 12.2 Å². The zero-order chi connectivity index (χ0) is 13.7. The van der Waals surface area contributed by atoms with Gasteiger partial charge in [-0.2, -0.15) is 0 Å². The summed E-state index contributed by atoms with van der Waals surface area (Å²) < 4.78 is 16.9. The lowest BCUT2D eigenvalue weighted by atomic mass is 10.4. The van der Waals surface area contributed by atoms with Crippen LogP contribution in [0.1, 0.15) is 11.5 Å². The van der Waals surface area contributed by atoms with Gasteiger partial charge in [0, 0.05) is 26.0 Å². The molecule has 0 spiro atoms. The summed E-state index contributed by atoms with van der Waals surface area (Å²) >= 11 is 1.48. The van der Waals surface area contributed by atoms with Crippen LogP contribution in [0.5, 0.6) is 0 Å². The van der Waals surface area contributed by atoms with E-state index in [4.69, 9.17) is 14.0 Å². The molecule has 104 valence electrons. The third-order valence-corrected chi connectivity index (χ3v) is 3.36. The van der Waals surface area contributed by atoms with Crippen molar-refractivity contribution in [3.63, 3.8) is 0 Å². The summed E-state index contributed by atoms with van der Waals surface area (Å²) in [5.74, 6) is 1.43. The number of aromatic nitrogens is 5. The second kappa shape index (κ2) is 6.64. The minimum Gasteiger partial charge on any atom is -0.361 e. The zero-order valence-corrected chi connectivity index (χ0v) is 11.8. The third-order valence-electron chi connectivity index (χ3n) is 2.37. The minimum atomic E-state index is -0.378. The number of nitrogens with zero attached hydrogens (tertiary/aromatic N) is 5. The number of tetrazole rings is 1. The van der Waals surface area contributed by atoms with Crippen LogP contribution in [0.3, 0.4) is 0 Å². The Balaban J connectivity index is 1.95. The van der Waals surface area contributed by atoms with E-state index in [1.165, 1.54) is 11.8 Å². The Hall–Kier alpha value is -1.45. The Labute approximate surface area is 114 Å². The lowest BCUT2D eigenvalue weighted by Gasteiger charge is -2.13. The topological polar surface area (TPSA) is 88.1 Å². The number of aryl methyl sites for hydroxylation is 1. The average Bonchev–Trinajstić information content (AvgIpc) is 3.02. The second-order valence-electron chi connectivity index (χ2n) is 3.76. The van der Waals surface area contributed by atoms with Gasteiger partial charge in [0.25, 0.3) is 0 Å². The summed E-state index contributed by atoms with van der Waals surface area (Å²) in [5, 5.41) is 16.1. The molecule has 0 aliphatic heterocycles. The van der Waals surface area contributed by atoms with Crippen molar-refractivity contribution in [3.05, 3.63) is 17.5 Å². The van der Waals surface area contributed by atoms with Crippen molar-refractivity contribution in [2.75, 3.05) is 14.2 Å². The molecule has 2 aromatic rings. The Morgan fingerprint density at radius 2 is 2.21 bits per heavy atom. The van der Waals surface area contributed by atoms with E-state index >= 15 is 0 Å². The first-order chi connectivity index (χ1) is 9.22. The normalized spacial score (nSPS) is 11.4. The van der Waals surface area contributed by atoms with E-state index in [-0.39, 0.29) is 6.29 Å². The first-order valence-electron chi connectivity index (χ1n) is 5.59. The predicted octanol–water partition coefficient (Wildman–Crippen LogP) is 0.881. The number of hydrogen-bond donors (Lipinski definition) is 0. The van der Waals surface area contributed by atoms with Crippen molar-refractivity contribution in [2.45, 2.75) is 30.7 Å². The highest BCUT2D eigenvalue weighted by Crippen LogP contribution is 2.20. The van der Waals surface area contributed by atoms with Crippen LogP contribution in [0.4, 0.5) is 0 Å². The molecule has 0 aromatic carbocycles. The SMILES string of the molecule is COC(Cn1nnnc1SCc1cc(C)on1)OC. The van der Waals surface area contributed by atoms with Crippen molar-refractivity contribution in [1.82, 2.24) is 25.4 Å². The number of thioether (sulfide) groups is 1. The maximum atomic E-state index is 5.12. The molecule has 0 N–H and O–H groups in total. The van der Waals surface area contributed by atoms with Crippen molar-refractivity contribution >= 4 is 11.8 Å². The van der Waals surface area contributed by atoms with Crippen LogP contribution in [0.15, 0.2) is 15.7 Å². The van der Waals surface area contributed by atoms with Crippen LogP contribution in [0.2, 0.25) is 0 Å². The first-order valence-corrected chi connectivity index (χ1v) is 6.58. The molecule has 9 heteroatoms. The summed E-state index contributed by atoms with van der Waals surface area (Å²) in [5.41, 5.74) is 0.854. The summed E-state index contributed by atoms with van der Waals surface area (Å²) in [4.78, 5) is 0. The smallest absolute Gasteiger partial charge is 0.209 e. The average molecular weight is 285 g/mol. The first kappa shape index (κ1) is 14.0. The fourth-order valence-electron chi connectivity index (χ4n) is 1.43. The van der Waals surface area contributed by atoms with Crippen molar-refractivity contribution < 1.29 is 14.0 Å². The van der Waals surface area contributed by atoms with E-state index in [0.29, 0.717) is 17.5 Å². The van der Waals surface area contributed by atoms with Crippen LogP contribution < -0.4 is 0 Å². The van der Waals surface area contributed by atoms with Gasteiger partial charge >= 0.3 is 0 Å². The number of methoxy groups -OCH3 is 2. The van der Waals surface area contributed by atoms with Crippen molar-refractivity contribution in [1.29, 1.82) is 0 Å². The maximum absolute atomic E-state index is 5.12. The van der Waals surface area contributed by atoms with Gasteiger partial charge in [-0.15, -0.1) is 5.10 Å². The quantitative estimate of drug-likeness (QED) is 0.547. The van der Waals surface area contributed by atoms with Crippen molar-refractivity contribution in [2.24, 2.45) is 0 Å². The van der Waals surface area contributed by atoms with E-state index < -0.39 is 0 Å². The predicted molar refractivity (Wildman–Crippen MR) is 66.4 cm³/mol. The van der Waals surface area contributed by atoms with Gasteiger partial charge in [-0.1, -0.05) is 16.9 Å². The van der Waals surface area contributed by atoms with Gasteiger partial charge in [0.15, 0.2) is 6.29 Å². The Morgan fingerprint density at radius 3 is 2.84 bits per heavy atom. The van der Waals surface area contributed by atoms with Gasteiger partial charge in [-0.25, -0.2) is 4.68 Å². The number of hydrogen-bond acceptors (Lipinski definition) is 8. The highest BCUT2D eigenvalue weighted by atomic mass is 32.2. The molecule has 2 rings (SSSR count). The molecule has 0 saturated carbocycles. The second-order valence-corrected chi connectivity index (χ2v) is 4.70. The third kappa shape index (κ3) is 3.75. The summed E-state index contributed by atoms with van der Waals surface area (Å²) in [6, 6.07) is 1.88. The molecule has 0 unspecified atom stereocenters. The van der Waals surface area contributed by atoms with Gasteiger partial charge in [0.2, 0.25) is 5.16 Å². The highest BCUT2D eigenvalue weighted by molar-refractivity contribution is 7.98. The van der Waals surface area contributed by atoms with Crippen LogP contribution in [-0.4, -0.2) is 45.9 Å². The monoisotopic (exact) mass is 285 g/mol. The largest absolute Gasteiger partial charge is 0.361 e. The van der Waals surface area contributed by atoms with Crippen molar-refractivity contribution in [3.8, 4) is 0 Å². The molecule has 8 nitrogen and oxygen atoms in total. The lowest BCUT2D eigenvalue weighted by Crippen LogP contribution is -2.21. The maximum Gasteiger partial charge on any atom is 0.209 e. The molecular weight excluding hydrogens is 270 g/mol. The molecule has 0 amide bonds. The van der Waals surface area contributed by atoms with E-state index in [2.05, 4.69) is 20.7 Å². The molecule has 0 fully saturated rings. The van der Waals surface area contributed by atoms with Gasteiger partial charge in [-0.05, 0) is 17.4 Å². The molecular formula is C10H15N5O3S. The Bertz CT molecular complexity index is 511. The van der Waals surface area contributed by atoms with Gasteiger partial charge in [-0.3, -0.25) is 0 Å². The molecule has 0 aliphatic rings. The van der Waals surface area contributed by atoms with Crippen LogP contribution in [0.25, 0.3) is 0 Å². The molecule has 2 aromatic heterocycles. The van der Waals surface area contributed by atoms with Crippen LogP contribution >= 0.6 is 11.8 Å². The van der Waals surface area contributed by atoms with E-state index in [1.54, 1.807) is 18.9 Å². The Morgan fingerprint density at radius 1 is 1.42 bits per heavy atom. The van der Waals surface area contributed by atoms with Gasteiger partial charge in [0.1, 0.15) is 5.76 Å². The Kier molecular flexibility index (Phi) is 4.88. The standard InChI is InChI=1S/C10H15N5O3S/c1-7-4-8(12-18-7)6-19-10-11-13-14-15(10)5-9(16-2)17-3/h4,9H,5-6H2,1-3H3. The highest BCUT2D eigenvalue weighted by Gasteiger charge is 2.13. The van der Waals surface area contributed by atoms with Crippen LogP contribution in [0, 0.1) is 6.92 Å². The van der Waals surface area contributed by atoms with E-state index in [0.717, 1.165) is 11.5 Å². The summed E-state index contributed by atoms with van der Waals surface area (Å²) in [6.07, 6.45) is -0.378. The summed E-state index contributed by atoms with van der Waals surface area (Å²) in [7, 11) is 3.15. The minimum absolute atomic E-state index is 0.378. The molecule has 0 aliphatic carbocycles. The van der Waals surface area contributed by atoms with Crippen LogP contribution in [-0.2, 0) is 21.8 Å². The number of rotatable bonds is 7. The fraction of sp³-hybridized carbons (Fsp3) is 0.600. The molecule has 0 saturated heterocycles. The van der Waals surface area contributed by atoms with Gasteiger partial charge < -0.3 is 14.0 Å². The molecule has 0 radical (unpaired) electrons. The number of ether oxygens (including phenoxy) is 2. The molecule has 19 heavy (non-hydrogen) atoms. The summed E-state index contributed by atoms with van der Waals surface area (Å²) in [6.45, 7) is 2.28. The lowest BCUT2D eigenvalue weighted by molar-refractivity contribution is -0.113. The van der Waals surface area contributed by atoms with E-state index in [1.807, 2.05) is 13.0 Å². The van der Waals surface area contributed by atoms with E-state index in [9.17, 15) is 0 Å².